The van der Waals surface area contributed by atoms with E-state index in [0.29, 0.717) is 16.9 Å². The molecule has 11 heteroatoms. The molecule has 39 heavy (non-hydrogen) atoms. The lowest BCUT2D eigenvalue weighted by atomic mass is 10.0. The molecule has 1 saturated heterocycles. The van der Waals surface area contributed by atoms with E-state index in [9.17, 15) is 24.5 Å². The summed E-state index contributed by atoms with van der Waals surface area (Å²) >= 11 is 0. The average molecular weight is 527 g/mol. The van der Waals surface area contributed by atoms with Crippen molar-refractivity contribution in [1.29, 1.82) is 0 Å². The number of fused-ring (bicyclic) bond motifs is 1. The molecule has 1 fully saturated rings. The van der Waals surface area contributed by atoms with Gasteiger partial charge >= 0.3 is 12.0 Å². The Balaban J connectivity index is 1.42. The Morgan fingerprint density at radius 3 is 2.56 bits per heavy atom. The highest BCUT2D eigenvalue weighted by Gasteiger charge is 2.34. The monoisotopic (exact) mass is 527 g/mol. The number of nitro groups is 1. The minimum Gasteiger partial charge on any atom is -0.488 e. The fraction of sp³-hybridized carbons (Fsp3) is 0.107. The summed E-state index contributed by atoms with van der Waals surface area (Å²) in [6.45, 7) is -0.0575. The Morgan fingerprint density at radius 2 is 1.82 bits per heavy atom. The van der Waals surface area contributed by atoms with Crippen molar-refractivity contribution in [2.75, 3.05) is 7.11 Å². The average Bonchev–Trinajstić information content (AvgIpc) is 3.52. The van der Waals surface area contributed by atoms with Gasteiger partial charge in [0, 0.05) is 17.7 Å². The van der Waals surface area contributed by atoms with Gasteiger partial charge in [-0.1, -0.05) is 30.3 Å². The lowest BCUT2D eigenvalue weighted by Gasteiger charge is -2.13. The Bertz CT molecular complexity index is 1640. The van der Waals surface area contributed by atoms with Gasteiger partial charge in [-0.15, -0.1) is 0 Å². The summed E-state index contributed by atoms with van der Waals surface area (Å²) in [5, 5.41) is 15.2. The number of rotatable bonds is 8. The minimum absolute atomic E-state index is 0.0222. The van der Waals surface area contributed by atoms with Gasteiger partial charge in [-0.25, -0.2) is 9.59 Å². The lowest BCUT2D eigenvalue weighted by Crippen LogP contribution is -2.30. The van der Waals surface area contributed by atoms with Crippen LogP contribution in [0, 0.1) is 10.1 Å². The van der Waals surface area contributed by atoms with Crippen LogP contribution in [0.15, 0.2) is 82.9 Å². The molecule has 0 radical (unpaired) electrons. The summed E-state index contributed by atoms with van der Waals surface area (Å²) in [5.41, 5.74) is 1.31. The predicted octanol–water partition coefficient (Wildman–Crippen LogP) is 4.80. The maximum Gasteiger partial charge on any atom is 0.373 e. The number of urea groups is 1. The molecule has 5 rings (SSSR count). The molecular weight excluding hydrogens is 506 g/mol. The van der Waals surface area contributed by atoms with Crippen LogP contribution in [0.25, 0.3) is 16.8 Å². The Hall–Kier alpha value is -5.45. The van der Waals surface area contributed by atoms with Gasteiger partial charge in [-0.2, -0.15) is 0 Å². The summed E-state index contributed by atoms with van der Waals surface area (Å²) in [4.78, 5) is 48.9. The van der Waals surface area contributed by atoms with E-state index in [1.807, 2.05) is 30.3 Å². The van der Waals surface area contributed by atoms with Crippen molar-refractivity contribution < 1.29 is 33.2 Å². The Labute approximate surface area is 221 Å². The normalized spacial score (nSPS) is 14.1. The van der Waals surface area contributed by atoms with Gasteiger partial charge in [0.15, 0.2) is 0 Å². The number of carbonyl (C=O) groups is 3. The van der Waals surface area contributed by atoms with E-state index in [-0.39, 0.29) is 36.1 Å². The second kappa shape index (κ2) is 10.5. The molecule has 1 aliphatic rings. The van der Waals surface area contributed by atoms with Crippen LogP contribution in [0.3, 0.4) is 0 Å². The van der Waals surface area contributed by atoms with Gasteiger partial charge < -0.3 is 19.2 Å². The highest BCUT2D eigenvalue weighted by Crippen LogP contribution is 2.32. The quantitative estimate of drug-likeness (QED) is 0.113. The molecule has 196 valence electrons. The standard InChI is InChI=1S/C28H21N3O8/c1-37-27(33)25-13-11-20(39-25)15-30-26(32)23(29-28(30)34)14-22-21-5-3-2-4-18(21)8-12-24(22)38-16-17-6-9-19(10-7-17)31(35)36/h2-14H,15-16H2,1H3,(H,29,34)/b23-14-. The first-order valence-electron chi connectivity index (χ1n) is 11.7. The lowest BCUT2D eigenvalue weighted by molar-refractivity contribution is -0.384. The number of imide groups is 1. The molecule has 1 N–H and O–H groups in total. The number of ether oxygens (including phenoxy) is 2. The van der Waals surface area contributed by atoms with Crippen molar-refractivity contribution in [3.05, 3.63) is 111 Å². The Morgan fingerprint density at radius 1 is 1.05 bits per heavy atom. The van der Waals surface area contributed by atoms with Gasteiger partial charge in [-0.05, 0) is 52.7 Å². The maximum atomic E-state index is 13.2. The molecule has 0 saturated carbocycles. The van der Waals surface area contributed by atoms with E-state index in [2.05, 4.69) is 10.1 Å². The third-order valence-corrected chi connectivity index (χ3v) is 6.09. The third-order valence-electron chi connectivity index (χ3n) is 6.09. The van der Waals surface area contributed by atoms with Gasteiger partial charge in [0.2, 0.25) is 5.76 Å². The molecule has 0 unspecified atom stereocenters. The Kier molecular flexibility index (Phi) is 6.79. The number of furan rings is 1. The molecule has 11 nitrogen and oxygen atoms in total. The van der Waals surface area contributed by atoms with E-state index in [0.717, 1.165) is 15.7 Å². The zero-order chi connectivity index (χ0) is 27.5. The van der Waals surface area contributed by atoms with Crippen LogP contribution in [0.5, 0.6) is 5.75 Å². The summed E-state index contributed by atoms with van der Waals surface area (Å²) in [7, 11) is 1.22. The summed E-state index contributed by atoms with van der Waals surface area (Å²) in [5.74, 6) is -0.603. The van der Waals surface area contributed by atoms with Crippen LogP contribution in [-0.4, -0.2) is 34.8 Å². The molecule has 4 aromatic rings. The third kappa shape index (κ3) is 5.18. The van der Waals surface area contributed by atoms with Gasteiger partial charge in [-0.3, -0.25) is 19.8 Å². The van der Waals surface area contributed by atoms with Crippen LogP contribution in [0.4, 0.5) is 10.5 Å². The highest BCUT2D eigenvalue weighted by molar-refractivity contribution is 6.14. The zero-order valence-electron chi connectivity index (χ0n) is 20.6. The molecule has 3 amide bonds. The molecule has 3 aromatic carbocycles. The number of non-ortho nitro benzene ring substituents is 1. The summed E-state index contributed by atoms with van der Waals surface area (Å²) in [6, 6.07) is 19.4. The number of benzene rings is 3. The van der Waals surface area contributed by atoms with Crippen molar-refractivity contribution in [3.63, 3.8) is 0 Å². The van der Waals surface area contributed by atoms with E-state index in [1.165, 1.54) is 31.4 Å². The number of nitro benzene ring substituents is 1. The number of carbonyl (C=O) groups excluding carboxylic acids is 3. The number of hydrogen-bond acceptors (Lipinski definition) is 8. The summed E-state index contributed by atoms with van der Waals surface area (Å²) in [6.07, 6.45) is 1.55. The summed E-state index contributed by atoms with van der Waals surface area (Å²) < 4.78 is 16.1. The second-order valence-electron chi connectivity index (χ2n) is 8.55. The smallest absolute Gasteiger partial charge is 0.373 e. The highest BCUT2D eigenvalue weighted by atomic mass is 16.6. The van der Waals surface area contributed by atoms with Gasteiger partial charge in [0.25, 0.3) is 11.6 Å². The number of nitrogens with one attached hydrogen (secondary N) is 1. The van der Waals surface area contributed by atoms with Crippen LogP contribution >= 0.6 is 0 Å². The topological polar surface area (TPSA) is 141 Å². The fourth-order valence-corrected chi connectivity index (χ4v) is 4.11. The molecular formula is C28H21N3O8. The van der Waals surface area contributed by atoms with Crippen LogP contribution in [0.2, 0.25) is 0 Å². The van der Waals surface area contributed by atoms with Crippen molar-refractivity contribution >= 4 is 40.4 Å². The first-order valence-corrected chi connectivity index (χ1v) is 11.7. The molecule has 2 heterocycles. The van der Waals surface area contributed by atoms with E-state index in [4.69, 9.17) is 9.15 Å². The van der Waals surface area contributed by atoms with Crippen LogP contribution < -0.4 is 10.1 Å². The van der Waals surface area contributed by atoms with Crippen molar-refractivity contribution in [3.8, 4) is 5.75 Å². The molecule has 0 bridgehead atoms. The predicted molar refractivity (Wildman–Crippen MR) is 138 cm³/mol. The first-order chi connectivity index (χ1) is 18.8. The zero-order valence-corrected chi connectivity index (χ0v) is 20.6. The largest absolute Gasteiger partial charge is 0.488 e. The number of methoxy groups -OCH3 is 1. The fourth-order valence-electron chi connectivity index (χ4n) is 4.11. The van der Waals surface area contributed by atoms with Crippen molar-refractivity contribution in [2.45, 2.75) is 13.2 Å². The van der Waals surface area contributed by atoms with Gasteiger partial charge in [0.1, 0.15) is 23.8 Å². The molecule has 1 aliphatic heterocycles. The second-order valence-corrected chi connectivity index (χ2v) is 8.55. The molecule has 0 spiro atoms. The number of hydrogen-bond donors (Lipinski definition) is 1. The molecule has 0 aliphatic carbocycles. The first kappa shape index (κ1) is 25.2. The maximum absolute atomic E-state index is 13.2. The van der Waals surface area contributed by atoms with Crippen LogP contribution in [-0.2, 0) is 22.7 Å². The van der Waals surface area contributed by atoms with Crippen molar-refractivity contribution in [1.82, 2.24) is 10.2 Å². The van der Waals surface area contributed by atoms with E-state index < -0.39 is 22.8 Å². The molecule has 0 atom stereocenters. The van der Waals surface area contributed by atoms with Crippen molar-refractivity contribution in [2.24, 2.45) is 0 Å². The molecule has 1 aromatic heterocycles. The van der Waals surface area contributed by atoms with E-state index >= 15 is 0 Å². The number of amides is 3. The SMILES string of the molecule is COC(=O)c1ccc(CN2C(=O)N/C(=C\c3c(OCc4ccc([N+](=O)[O-])cc4)ccc4ccccc34)C2=O)o1. The minimum atomic E-state index is -0.670. The number of esters is 1. The number of nitrogens with zero attached hydrogens (tertiary/aromatic N) is 2. The van der Waals surface area contributed by atoms with Gasteiger partial charge in [0.05, 0.1) is 18.6 Å². The van der Waals surface area contributed by atoms with Crippen LogP contribution in [0.1, 0.15) is 27.4 Å². The van der Waals surface area contributed by atoms with E-state index in [1.54, 1.807) is 24.3 Å².